The molecule has 0 aliphatic rings. The van der Waals surface area contributed by atoms with E-state index in [9.17, 15) is 18.7 Å². The molecule has 0 amide bonds. The molecule has 0 saturated heterocycles. The summed E-state index contributed by atoms with van der Waals surface area (Å²) in [6, 6.07) is 12.3. The molecule has 138 valence electrons. The molecule has 0 bridgehead atoms. The zero-order valence-electron chi connectivity index (χ0n) is 14.8. The summed E-state index contributed by atoms with van der Waals surface area (Å²) < 4.78 is 27.1. The number of pyridine rings is 3. The SMILES string of the molecule is CCC(C)(c1cccc(C(=O)O)n1)c1cccc(-c2ccc(F)nc2F)n1. The number of halogens is 2. The van der Waals surface area contributed by atoms with Gasteiger partial charge in [0, 0.05) is 0 Å². The van der Waals surface area contributed by atoms with E-state index in [1.165, 1.54) is 12.1 Å². The summed E-state index contributed by atoms with van der Waals surface area (Å²) in [6.45, 7) is 3.83. The lowest BCUT2D eigenvalue weighted by atomic mass is 9.79. The van der Waals surface area contributed by atoms with Gasteiger partial charge in [-0.2, -0.15) is 13.8 Å². The van der Waals surface area contributed by atoms with Gasteiger partial charge in [-0.1, -0.05) is 19.1 Å². The van der Waals surface area contributed by atoms with Gasteiger partial charge in [-0.25, -0.2) is 9.78 Å². The number of hydrogen-bond donors (Lipinski definition) is 1. The zero-order valence-corrected chi connectivity index (χ0v) is 14.8. The Morgan fingerprint density at radius 3 is 2.30 bits per heavy atom. The van der Waals surface area contributed by atoms with Crippen molar-refractivity contribution in [2.24, 2.45) is 0 Å². The Labute approximate surface area is 154 Å². The van der Waals surface area contributed by atoms with Crippen molar-refractivity contribution >= 4 is 5.97 Å². The molecule has 3 rings (SSSR count). The molecule has 1 atom stereocenters. The molecule has 0 saturated carbocycles. The Morgan fingerprint density at radius 1 is 1.00 bits per heavy atom. The zero-order chi connectivity index (χ0) is 19.6. The number of nitrogens with zero attached hydrogens (tertiary/aromatic N) is 3. The highest BCUT2D eigenvalue weighted by Gasteiger charge is 2.31. The molecular weight excluding hydrogens is 352 g/mol. The van der Waals surface area contributed by atoms with Crippen LogP contribution in [0.5, 0.6) is 0 Å². The smallest absolute Gasteiger partial charge is 0.354 e. The van der Waals surface area contributed by atoms with Crippen molar-refractivity contribution in [2.45, 2.75) is 25.7 Å². The summed E-state index contributed by atoms with van der Waals surface area (Å²) in [6.07, 6.45) is 0.587. The Bertz CT molecular complexity index is 1010. The standard InChI is InChI=1S/C20H17F2N3O2/c1-3-20(2,16-9-5-7-14(24-16)19(26)27)15-8-4-6-13(23-15)12-10-11-17(21)25-18(12)22/h4-11H,3H2,1-2H3,(H,26,27). The number of hydrogen-bond acceptors (Lipinski definition) is 4. The van der Waals surface area contributed by atoms with E-state index in [2.05, 4.69) is 15.0 Å². The summed E-state index contributed by atoms with van der Waals surface area (Å²) in [5.74, 6) is -2.96. The Balaban J connectivity index is 2.11. The topological polar surface area (TPSA) is 76.0 Å². The Morgan fingerprint density at radius 2 is 1.67 bits per heavy atom. The molecule has 3 heterocycles. The maximum absolute atomic E-state index is 14.0. The van der Waals surface area contributed by atoms with Crippen molar-refractivity contribution in [1.82, 2.24) is 15.0 Å². The third-order valence-corrected chi connectivity index (χ3v) is 4.65. The van der Waals surface area contributed by atoms with Gasteiger partial charge in [0.2, 0.25) is 11.9 Å². The van der Waals surface area contributed by atoms with Crippen molar-refractivity contribution in [3.8, 4) is 11.3 Å². The van der Waals surface area contributed by atoms with E-state index in [0.717, 1.165) is 6.07 Å². The van der Waals surface area contributed by atoms with Gasteiger partial charge >= 0.3 is 5.97 Å². The fourth-order valence-corrected chi connectivity index (χ4v) is 2.85. The number of aromatic nitrogens is 3. The van der Waals surface area contributed by atoms with E-state index in [1.54, 1.807) is 30.3 Å². The first kappa shape index (κ1) is 18.6. The van der Waals surface area contributed by atoms with Crippen LogP contribution < -0.4 is 0 Å². The summed E-state index contributed by atoms with van der Waals surface area (Å²) in [7, 11) is 0. The van der Waals surface area contributed by atoms with Gasteiger partial charge in [-0.3, -0.25) is 4.98 Å². The normalized spacial score (nSPS) is 13.2. The number of aromatic carboxylic acids is 1. The second kappa shape index (κ2) is 7.19. The molecule has 0 aromatic carbocycles. The van der Waals surface area contributed by atoms with Crippen LogP contribution in [0, 0.1) is 11.9 Å². The quantitative estimate of drug-likeness (QED) is 0.681. The van der Waals surface area contributed by atoms with Crippen LogP contribution in [0.15, 0.2) is 48.5 Å². The molecule has 1 unspecified atom stereocenters. The van der Waals surface area contributed by atoms with Gasteiger partial charge in [-0.15, -0.1) is 0 Å². The van der Waals surface area contributed by atoms with Crippen LogP contribution in [-0.2, 0) is 5.41 Å². The predicted molar refractivity (Wildman–Crippen MR) is 95.3 cm³/mol. The lowest BCUT2D eigenvalue weighted by Gasteiger charge is -2.28. The molecule has 27 heavy (non-hydrogen) atoms. The first-order valence-electron chi connectivity index (χ1n) is 8.36. The fourth-order valence-electron chi connectivity index (χ4n) is 2.85. The lowest BCUT2D eigenvalue weighted by Crippen LogP contribution is -2.26. The average molecular weight is 369 g/mol. The van der Waals surface area contributed by atoms with Crippen molar-refractivity contribution in [3.63, 3.8) is 0 Å². The summed E-state index contributed by atoms with van der Waals surface area (Å²) in [5.41, 5.74) is 0.798. The number of carboxylic acid groups (broad SMARTS) is 1. The second-order valence-electron chi connectivity index (χ2n) is 6.28. The van der Waals surface area contributed by atoms with Crippen molar-refractivity contribution in [3.05, 3.63) is 77.5 Å². The molecule has 1 N–H and O–H groups in total. The first-order valence-corrected chi connectivity index (χ1v) is 8.36. The second-order valence-corrected chi connectivity index (χ2v) is 6.28. The van der Waals surface area contributed by atoms with Crippen LogP contribution in [0.3, 0.4) is 0 Å². The molecule has 3 aromatic heterocycles. The third kappa shape index (κ3) is 3.53. The fraction of sp³-hybridized carbons (Fsp3) is 0.200. The van der Waals surface area contributed by atoms with Crippen molar-refractivity contribution < 1.29 is 18.7 Å². The maximum Gasteiger partial charge on any atom is 0.354 e. The van der Waals surface area contributed by atoms with E-state index in [1.807, 2.05) is 13.8 Å². The minimum Gasteiger partial charge on any atom is -0.477 e. The highest BCUT2D eigenvalue weighted by Crippen LogP contribution is 2.34. The first-order chi connectivity index (χ1) is 12.8. The van der Waals surface area contributed by atoms with E-state index < -0.39 is 23.3 Å². The highest BCUT2D eigenvalue weighted by molar-refractivity contribution is 5.85. The van der Waals surface area contributed by atoms with Gasteiger partial charge in [0.15, 0.2) is 0 Å². The molecule has 0 aliphatic heterocycles. The molecule has 0 spiro atoms. The number of carbonyl (C=O) groups is 1. The average Bonchev–Trinajstić information content (AvgIpc) is 2.67. The monoisotopic (exact) mass is 369 g/mol. The summed E-state index contributed by atoms with van der Waals surface area (Å²) in [4.78, 5) is 23.2. The minimum absolute atomic E-state index is 0.0582. The predicted octanol–water partition coefficient (Wildman–Crippen LogP) is 4.23. The summed E-state index contributed by atoms with van der Waals surface area (Å²) >= 11 is 0. The Hall–Kier alpha value is -3.22. The largest absolute Gasteiger partial charge is 0.477 e. The van der Waals surface area contributed by atoms with Crippen LogP contribution >= 0.6 is 0 Å². The Kier molecular flexibility index (Phi) is 4.94. The highest BCUT2D eigenvalue weighted by atomic mass is 19.1. The van der Waals surface area contributed by atoms with Crippen LogP contribution in [-0.4, -0.2) is 26.0 Å². The van der Waals surface area contributed by atoms with E-state index in [0.29, 0.717) is 23.5 Å². The molecular formula is C20H17F2N3O2. The maximum atomic E-state index is 14.0. The third-order valence-electron chi connectivity index (χ3n) is 4.65. The van der Waals surface area contributed by atoms with E-state index in [4.69, 9.17) is 0 Å². The van der Waals surface area contributed by atoms with Gasteiger partial charge in [0.1, 0.15) is 5.69 Å². The van der Waals surface area contributed by atoms with Crippen molar-refractivity contribution in [1.29, 1.82) is 0 Å². The van der Waals surface area contributed by atoms with Crippen LogP contribution in [0.4, 0.5) is 8.78 Å². The molecule has 3 aromatic rings. The van der Waals surface area contributed by atoms with E-state index in [-0.39, 0.29) is 11.3 Å². The lowest BCUT2D eigenvalue weighted by molar-refractivity contribution is 0.0690. The van der Waals surface area contributed by atoms with Crippen LogP contribution in [0.2, 0.25) is 0 Å². The van der Waals surface area contributed by atoms with Crippen molar-refractivity contribution in [2.75, 3.05) is 0 Å². The molecule has 7 heteroatoms. The molecule has 0 radical (unpaired) electrons. The minimum atomic E-state index is -1.11. The molecule has 5 nitrogen and oxygen atoms in total. The van der Waals surface area contributed by atoms with Crippen LogP contribution in [0.25, 0.3) is 11.3 Å². The number of rotatable bonds is 5. The van der Waals surface area contributed by atoms with E-state index >= 15 is 0 Å². The molecule has 0 aliphatic carbocycles. The number of carboxylic acids is 1. The van der Waals surface area contributed by atoms with Gasteiger partial charge < -0.3 is 5.11 Å². The van der Waals surface area contributed by atoms with Gasteiger partial charge in [0.25, 0.3) is 0 Å². The van der Waals surface area contributed by atoms with Gasteiger partial charge in [0.05, 0.1) is 28.1 Å². The van der Waals surface area contributed by atoms with Gasteiger partial charge in [-0.05, 0) is 49.7 Å². The van der Waals surface area contributed by atoms with Crippen LogP contribution in [0.1, 0.15) is 42.1 Å². The molecule has 0 fully saturated rings. The summed E-state index contributed by atoms with van der Waals surface area (Å²) in [5, 5.41) is 9.21.